The number of ether oxygens (including phenoxy) is 1. The average Bonchev–Trinajstić information content (AvgIpc) is 2.72. The van der Waals surface area contributed by atoms with Crippen molar-refractivity contribution < 1.29 is 9.53 Å². The smallest absolute Gasteiger partial charge is 0.220 e. The van der Waals surface area contributed by atoms with E-state index in [-0.39, 0.29) is 5.91 Å². The number of carbonyl (C=O) groups is 1. The van der Waals surface area contributed by atoms with Crippen molar-refractivity contribution >= 4 is 16.8 Å². The van der Waals surface area contributed by atoms with Gasteiger partial charge in [0, 0.05) is 37.1 Å². The maximum atomic E-state index is 11.3. The first-order valence-electron chi connectivity index (χ1n) is 5.98. The van der Waals surface area contributed by atoms with Crippen LogP contribution in [0.2, 0.25) is 0 Å². The zero-order valence-electron chi connectivity index (χ0n) is 11.0. The van der Waals surface area contributed by atoms with E-state index in [0.717, 1.165) is 28.8 Å². The minimum absolute atomic E-state index is 0.0674. The van der Waals surface area contributed by atoms with Crippen LogP contribution in [0.3, 0.4) is 0 Å². The van der Waals surface area contributed by atoms with Crippen molar-refractivity contribution in [2.75, 3.05) is 14.2 Å². The molecule has 0 aliphatic heterocycles. The molecule has 0 unspecified atom stereocenters. The summed E-state index contributed by atoms with van der Waals surface area (Å²) in [7, 11) is 5.35. The average molecular weight is 246 g/mol. The molecule has 4 nitrogen and oxygen atoms in total. The largest absolute Gasteiger partial charge is 0.497 e. The van der Waals surface area contributed by atoms with Crippen LogP contribution in [0.25, 0.3) is 10.9 Å². The lowest BCUT2D eigenvalue weighted by Gasteiger charge is -2.04. The number of nitrogens with one attached hydrogen (secondary N) is 1. The Bertz CT molecular complexity index is 572. The van der Waals surface area contributed by atoms with Gasteiger partial charge in [-0.05, 0) is 30.7 Å². The molecule has 0 fully saturated rings. The molecule has 0 spiro atoms. The molecule has 0 radical (unpaired) electrons. The van der Waals surface area contributed by atoms with E-state index in [1.807, 2.05) is 25.2 Å². The first-order chi connectivity index (χ1) is 8.65. The summed E-state index contributed by atoms with van der Waals surface area (Å²) >= 11 is 0. The van der Waals surface area contributed by atoms with Crippen LogP contribution >= 0.6 is 0 Å². The van der Waals surface area contributed by atoms with Crippen LogP contribution in [0.1, 0.15) is 12.1 Å². The molecule has 0 bridgehead atoms. The van der Waals surface area contributed by atoms with Gasteiger partial charge >= 0.3 is 0 Å². The maximum absolute atomic E-state index is 11.3. The van der Waals surface area contributed by atoms with E-state index >= 15 is 0 Å². The third kappa shape index (κ3) is 2.32. The molecule has 2 aromatic rings. The summed E-state index contributed by atoms with van der Waals surface area (Å²) < 4.78 is 7.34. The summed E-state index contributed by atoms with van der Waals surface area (Å²) in [5.74, 6) is 0.920. The van der Waals surface area contributed by atoms with E-state index in [2.05, 4.69) is 16.0 Å². The fraction of sp³-hybridized carbons (Fsp3) is 0.357. The SMILES string of the molecule is CNC(=O)CCc1cc2cc(OC)ccc2n1C. The number of aromatic nitrogens is 1. The molecule has 2 rings (SSSR count). The summed E-state index contributed by atoms with van der Waals surface area (Å²) in [4.78, 5) is 11.3. The van der Waals surface area contributed by atoms with E-state index in [0.29, 0.717) is 6.42 Å². The van der Waals surface area contributed by atoms with Crippen molar-refractivity contribution in [1.29, 1.82) is 0 Å². The molecule has 0 saturated carbocycles. The van der Waals surface area contributed by atoms with Crippen LogP contribution in [0.15, 0.2) is 24.3 Å². The molecular formula is C14H18N2O2. The number of fused-ring (bicyclic) bond motifs is 1. The van der Waals surface area contributed by atoms with Crippen molar-refractivity contribution in [2.24, 2.45) is 7.05 Å². The Hall–Kier alpha value is -1.97. The predicted octanol–water partition coefficient (Wildman–Crippen LogP) is 1.87. The first kappa shape index (κ1) is 12.5. The summed E-state index contributed by atoms with van der Waals surface area (Å²) in [6.45, 7) is 0. The van der Waals surface area contributed by atoms with Crippen LogP contribution in [0.5, 0.6) is 5.75 Å². The van der Waals surface area contributed by atoms with Gasteiger partial charge in [0.2, 0.25) is 5.91 Å². The molecule has 0 atom stereocenters. The van der Waals surface area contributed by atoms with Crippen LogP contribution in [-0.2, 0) is 18.3 Å². The Balaban J connectivity index is 2.29. The number of carbonyl (C=O) groups excluding carboxylic acids is 1. The second-order valence-corrected chi connectivity index (χ2v) is 4.29. The highest BCUT2D eigenvalue weighted by atomic mass is 16.5. The minimum atomic E-state index is 0.0674. The highest BCUT2D eigenvalue weighted by molar-refractivity contribution is 5.83. The van der Waals surface area contributed by atoms with E-state index in [1.54, 1.807) is 14.2 Å². The highest BCUT2D eigenvalue weighted by Crippen LogP contribution is 2.24. The van der Waals surface area contributed by atoms with Crippen molar-refractivity contribution in [3.05, 3.63) is 30.0 Å². The molecular weight excluding hydrogens is 228 g/mol. The van der Waals surface area contributed by atoms with E-state index in [1.165, 1.54) is 0 Å². The van der Waals surface area contributed by atoms with Gasteiger partial charge in [0.05, 0.1) is 7.11 Å². The number of hydrogen-bond donors (Lipinski definition) is 1. The molecule has 0 saturated heterocycles. The van der Waals surface area contributed by atoms with Gasteiger partial charge in [-0.3, -0.25) is 4.79 Å². The predicted molar refractivity (Wildman–Crippen MR) is 71.9 cm³/mol. The van der Waals surface area contributed by atoms with Crippen LogP contribution in [0.4, 0.5) is 0 Å². The van der Waals surface area contributed by atoms with Crippen LogP contribution in [0, 0.1) is 0 Å². The highest BCUT2D eigenvalue weighted by Gasteiger charge is 2.08. The van der Waals surface area contributed by atoms with Crippen molar-refractivity contribution in [2.45, 2.75) is 12.8 Å². The first-order valence-corrected chi connectivity index (χ1v) is 5.98. The molecule has 4 heteroatoms. The summed E-state index contributed by atoms with van der Waals surface area (Å²) in [6, 6.07) is 8.11. The summed E-state index contributed by atoms with van der Waals surface area (Å²) in [5.41, 5.74) is 2.31. The quantitative estimate of drug-likeness (QED) is 0.895. The van der Waals surface area contributed by atoms with Gasteiger partial charge in [0.1, 0.15) is 5.75 Å². The zero-order chi connectivity index (χ0) is 13.1. The van der Waals surface area contributed by atoms with Crippen molar-refractivity contribution in [3.8, 4) is 5.75 Å². The Morgan fingerprint density at radius 1 is 1.39 bits per heavy atom. The minimum Gasteiger partial charge on any atom is -0.497 e. The second kappa shape index (κ2) is 5.12. The molecule has 1 N–H and O–H groups in total. The Morgan fingerprint density at radius 2 is 2.17 bits per heavy atom. The lowest BCUT2D eigenvalue weighted by Crippen LogP contribution is -2.18. The van der Waals surface area contributed by atoms with E-state index in [9.17, 15) is 4.79 Å². The fourth-order valence-electron chi connectivity index (χ4n) is 2.12. The lowest BCUT2D eigenvalue weighted by molar-refractivity contribution is -0.120. The number of methoxy groups -OCH3 is 1. The molecule has 18 heavy (non-hydrogen) atoms. The number of benzene rings is 1. The lowest BCUT2D eigenvalue weighted by atomic mass is 10.2. The van der Waals surface area contributed by atoms with Gasteiger partial charge in [-0.1, -0.05) is 0 Å². The summed E-state index contributed by atoms with van der Waals surface area (Å²) in [6.07, 6.45) is 1.25. The normalized spacial score (nSPS) is 10.6. The van der Waals surface area contributed by atoms with Crippen LogP contribution in [-0.4, -0.2) is 24.6 Å². The number of amides is 1. The van der Waals surface area contributed by atoms with Gasteiger partial charge < -0.3 is 14.6 Å². The number of aryl methyl sites for hydroxylation is 2. The Morgan fingerprint density at radius 3 is 2.83 bits per heavy atom. The number of nitrogens with zero attached hydrogens (tertiary/aromatic N) is 1. The number of rotatable bonds is 4. The fourth-order valence-corrected chi connectivity index (χ4v) is 2.12. The van der Waals surface area contributed by atoms with Gasteiger partial charge in [0.15, 0.2) is 0 Å². The monoisotopic (exact) mass is 246 g/mol. The summed E-state index contributed by atoms with van der Waals surface area (Å²) in [5, 5.41) is 3.78. The van der Waals surface area contributed by atoms with Gasteiger partial charge in [0.25, 0.3) is 0 Å². The maximum Gasteiger partial charge on any atom is 0.220 e. The van der Waals surface area contributed by atoms with Gasteiger partial charge in [-0.25, -0.2) is 0 Å². The van der Waals surface area contributed by atoms with E-state index in [4.69, 9.17) is 4.74 Å². The van der Waals surface area contributed by atoms with Crippen molar-refractivity contribution in [1.82, 2.24) is 9.88 Å². The van der Waals surface area contributed by atoms with E-state index < -0.39 is 0 Å². The third-order valence-electron chi connectivity index (χ3n) is 3.24. The molecule has 1 aromatic heterocycles. The zero-order valence-corrected chi connectivity index (χ0v) is 11.0. The van der Waals surface area contributed by atoms with Gasteiger partial charge in [-0.2, -0.15) is 0 Å². The number of hydrogen-bond acceptors (Lipinski definition) is 2. The van der Waals surface area contributed by atoms with Crippen LogP contribution < -0.4 is 10.1 Å². The topological polar surface area (TPSA) is 43.3 Å². The van der Waals surface area contributed by atoms with Crippen molar-refractivity contribution in [3.63, 3.8) is 0 Å². The molecule has 1 aromatic carbocycles. The molecule has 1 heterocycles. The Labute approximate surface area is 107 Å². The second-order valence-electron chi connectivity index (χ2n) is 4.29. The third-order valence-corrected chi connectivity index (χ3v) is 3.24. The van der Waals surface area contributed by atoms with Gasteiger partial charge in [-0.15, -0.1) is 0 Å². The molecule has 1 amide bonds. The molecule has 96 valence electrons. The molecule has 0 aliphatic carbocycles. The standard InChI is InChI=1S/C14H18N2O2/c1-15-14(17)7-4-11-8-10-9-12(18-3)5-6-13(10)16(11)2/h5-6,8-9H,4,7H2,1-3H3,(H,15,17). The Kier molecular flexibility index (Phi) is 3.55. The molecule has 0 aliphatic rings.